The summed E-state index contributed by atoms with van der Waals surface area (Å²) in [5, 5.41) is 0. The molecule has 0 fully saturated rings. The van der Waals surface area contributed by atoms with E-state index in [1.165, 1.54) is 24.8 Å². The zero-order valence-electron chi connectivity index (χ0n) is 14.5. The quantitative estimate of drug-likeness (QED) is 0.668. The van der Waals surface area contributed by atoms with Crippen molar-refractivity contribution in [2.75, 3.05) is 6.61 Å². The van der Waals surface area contributed by atoms with Gasteiger partial charge in [-0.2, -0.15) is 0 Å². The lowest BCUT2D eigenvalue weighted by Gasteiger charge is -2.12. The van der Waals surface area contributed by atoms with Crippen LogP contribution in [0.1, 0.15) is 23.0 Å². The monoisotopic (exact) mass is 367 g/mol. The Hall–Kier alpha value is -3.68. The van der Waals surface area contributed by atoms with E-state index in [-0.39, 0.29) is 30.0 Å². The van der Waals surface area contributed by atoms with Crippen LogP contribution in [0.15, 0.2) is 64.7 Å². The third-order valence-electron chi connectivity index (χ3n) is 3.59. The van der Waals surface area contributed by atoms with E-state index < -0.39 is 11.4 Å². The molecule has 0 unspecified atom stereocenters. The van der Waals surface area contributed by atoms with Crippen molar-refractivity contribution in [3.63, 3.8) is 0 Å². The molecule has 3 rings (SSSR count). The summed E-state index contributed by atoms with van der Waals surface area (Å²) in [6, 6.07) is 10.1. The number of aromatic amines is 1. The first-order valence-electron chi connectivity index (χ1n) is 8.24. The van der Waals surface area contributed by atoms with Crippen molar-refractivity contribution in [2.45, 2.75) is 13.5 Å². The third kappa shape index (κ3) is 4.49. The zero-order valence-corrected chi connectivity index (χ0v) is 14.5. The van der Waals surface area contributed by atoms with Crippen molar-refractivity contribution in [3.8, 4) is 11.5 Å². The number of carbonyl (C=O) groups is 1. The maximum atomic E-state index is 12.6. The molecule has 2 heterocycles. The Balaban J connectivity index is 2.03. The van der Waals surface area contributed by atoms with E-state index in [2.05, 4.69) is 9.97 Å². The molecule has 1 aromatic carbocycles. The fourth-order valence-electron chi connectivity index (χ4n) is 2.42. The molecule has 0 amide bonds. The highest BCUT2D eigenvalue weighted by atomic mass is 16.5. The fraction of sp³-hybridized carbons (Fsp3) is 0.158. The Morgan fingerprint density at radius 1 is 1.19 bits per heavy atom. The lowest BCUT2D eigenvalue weighted by atomic mass is 10.2. The molecule has 27 heavy (non-hydrogen) atoms. The third-order valence-corrected chi connectivity index (χ3v) is 3.59. The van der Waals surface area contributed by atoms with Crippen molar-refractivity contribution < 1.29 is 14.3 Å². The summed E-state index contributed by atoms with van der Waals surface area (Å²) in [7, 11) is 0. The molecule has 0 atom stereocenters. The summed E-state index contributed by atoms with van der Waals surface area (Å²) in [4.78, 5) is 42.8. The predicted octanol–water partition coefficient (Wildman–Crippen LogP) is 1.95. The van der Waals surface area contributed by atoms with Crippen LogP contribution < -0.4 is 15.7 Å². The van der Waals surface area contributed by atoms with E-state index in [9.17, 15) is 14.4 Å². The molecule has 3 aromatic rings. The van der Waals surface area contributed by atoms with Crippen molar-refractivity contribution >= 4 is 5.97 Å². The van der Waals surface area contributed by atoms with E-state index in [1.54, 1.807) is 35.8 Å². The number of hydrogen-bond donors (Lipinski definition) is 1. The van der Waals surface area contributed by atoms with Crippen LogP contribution in [-0.2, 0) is 11.3 Å². The van der Waals surface area contributed by atoms with E-state index >= 15 is 0 Å². The number of H-pyrrole nitrogens is 1. The standard InChI is InChI=1S/C19H17N3O5/c1-2-26-19(25)15-10-22(9-13-8-17(23)21-12-20-13)11-16(18(15)24)27-14-6-4-3-5-7-14/h3-8,10-12H,2,9H2,1H3,(H,20,21,23). The SMILES string of the molecule is CCOC(=O)c1cn(Cc2cc(=O)[nH]cn2)cc(Oc2ccccc2)c1=O. The van der Waals surface area contributed by atoms with Gasteiger partial charge in [-0.05, 0) is 19.1 Å². The minimum absolute atomic E-state index is 0.0309. The molecular formula is C19H17N3O5. The number of aromatic nitrogens is 3. The van der Waals surface area contributed by atoms with Gasteiger partial charge in [-0.15, -0.1) is 0 Å². The van der Waals surface area contributed by atoms with Gasteiger partial charge in [0, 0.05) is 12.3 Å². The van der Waals surface area contributed by atoms with Gasteiger partial charge in [0.15, 0.2) is 5.75 Å². The fourth-order valence-corrected chi connectivity index (χ4v) is 2.42. The van der Waals surface area contributed by atoms with Gasteiger partial charge in [0.2, 0.25) is 5.43 Å². The van der Waals surface area contributed by atoms with Crippen LogP contribution in [0.25, 0.3) is 0 Å². The maximum absolute atomic E-state index is 12.6. The summed E-state index contributed by atoms with van der Waals surface area (Å²) in [5.41, 5.74) is -0.571. The Morgan fingerprint density at radius 2 is 1.96 bits per heavy atom. The van der Waals surface area contributed by atoms with E-state index in [0.29, 0.717) is 11.4 Å². The van der Waals surface area contributed by atoms with Gasteiger partial charge in [-0.25, -0.2) is 9.78 Å². The molecule has 0 aliphatic carbocycles. The van der Waals surface area contributed by atoms with Crippen LogP contribution >= 0.6 is 0 Å². The van der Waals surface area contributed by atoms with Crippen molar-refractivity contribution in [2.24, 2.45) is 0 Å². The number of nitrogens with one attached hydrogen (secondary N) is 1. The number of carbonyl (C=O) groups excluding carboxylic acids is 1. The molecular weight excluding hydrogens is 350 g/mol. The van der Waals surface area contributed by atoms with E-state index in [4.69, 9.17) is 9.47 Å². The topological polar surface area (TPSA) is 103 Å². The van der Waals surface area contributed by atoms with Gasteiger partial charge >= 0.3 is 5.97 Å². The number of ether oxygens (including phenoxy) is 2. The summed E-state index contributed by atoms with van der Waals surface area (Å²) >= 11 is 0. The molecule has 0 saturated heterocycles. The second-order valence-corrected chi connectivity index (χ2v) is 5.58. The highest BCUT2D eigenvalue weighted by molar-refractivity contribution is 5.89. The summed E-state index contributed by atoms with van der Waals surface area (Å²) in [6.07, 6.45) is 4.11. The van der Waals surface area contributed by atoms with Crippen LogP contribution in [-0.4, -0.2) is 27.1 Å². The highest BCUT2D eigenvalue weighted by Crippen LogP contribution is 2.18. The second-order valence-electron chi connectivity index (χ2n) is 5.58. The molecule has 8 heteroatoms. The van der Waals surface area contributed by atoms with Crippen LogP contribution in [0.5, 0.6) is 11.5 Å². The first-order chi connectivity index (χ1) is 13.1. The smallest absolute Gasteiger partial charge is 0.343 e. The Bertz CT molecular complexity index is 1060. The van der Waals surface area contributed by atoms with Gasteiger partial charge in [-0.3, -0.25) is 9.59 Å². The molecule has 2 aromatic heterocycles. The molecule has 0 saturated carbocycles. The number of para-hydroxylation sites is 1. The van der Waals surface area contributed by atoms with Crippen molar-refractivity contribution in [1.82, 2.24) is 14.5 Å². The first kappa shape index (κ1) is 18.1. The van der Waals surface area contributed by atoms with Crippen LogP contribution in [0.4, 0.5) is 0 Å². The largest absolute Gasteiger partial charge is 0.462 e. The molecule has 0 bridgehead atoms. The van der Waals surface area contributed by atoms with E-state index in [0.717, 1.165) is 0 Å². The second kappa shape index (κ2) is 8.13. The molecule has 8 nitrogen and oxygen atoms in total. The molecule has 0 aliphatic heterocycles. The van der Waals surface area contributed by atoms with E-state index in [1.807, 2.05) is 6.07 Å². The lowest BCUT2D eigenvalue weighted by Crippen LogP contribution is -2.22. The van der Waals surface area contributed by atoms with Crippen molar-refractivity contribution in [3.05, 3.63) is 87.0 Å². The molecule has 1 N–H and O–H groups in total. The molecule has 0 radical (unpaired) electrons. The van der Waals surface area contributed by atoms with Gasteiger partial charge < -0.3 is 19.0 Å². The minimum Gasteiger partial charge on any atom is -0.462 e. The predicted molar refractivity (Wildman–Crippen MR) is 97.1 cm³/mol. The Morgan fingerprint density at radius 3 is 2.67 bits per heavy atom. The molecule has 0 spiro atoms. The number of hydrogen-bond acceptors (Lipinski definition) is 6. The highest BCUT2D eigenvalue weighted by Gasteiger charge is 2.18. The number of rotatable bonds is 6. The van der Waals surface area contributed by atoms with Crippen LogP contribution in [0.2, 0.25) is 0 Å². The number of esters is 1. The number of pyridine rings is 1. The van der Waals surface area contributed by atoms with Crippen LogP contribution in [0.3, 0.4) is 0 Å². The lowest BCUT2D eigenvalue weighted by molar-refractivity contribution is 0.0523. The van der Waals surface area contributed by atoms with Gasteiger partial charge in [0.25, 0.3) is 5.56 Å². The maximum Gasteiger partial charge on any atom is 0.343 e. The van der Waals surface area contributed by atoms with Crippen LogP contribution in [0, 0.1) is 0 Å². The van der Waals surface area contributed by atoms with Gasteiger partial charge in [0.1, 0.15) is 11.3 Å². The number of nitrogens with zero attached hydrogens (tertiary/aromatic N) is 2. The minimum atomic E-state index is -0.742. The average Bonchev–Trinajstić information content (AvgIpc) is 2.65. The summed E-state index contributed by atoms with van der Waals surface area (Å²) in [6.45, 7) is 1.96. The molecule has 0 aliphatic rings. The molecule has 138 valence electrons. The summed E-state index contributed by atoms with van der Waals surface area (Å²) < 4.78 is 12.2. The normalized spacial score (nSPS) is 10.4. The Kier molecular flexibility index (Phi) is 5.46. The summed E-state index contributed by atoms with van der Waals surface area (Å²) in [5.74, 6) is -0.318. The van der Waals surface area contributed by atoms with Crippen molar-refractivity contribution in [1.29, 1.82) is 0 Å². The first-order valence-corrected chi connectivity index (χ1v) is 8.24. The Labute approximate surface area is 154 Å². The number of benzene rings is 1. The van der Waals surface area contributed by atoms with Gasteiger partial charge in [0.05, 0.1) is 31.4 Å². The average molecular weight is 367 g/mol. The van der Waals surface area contributed by atoms with Gasteiger partial charge in [-0.1, -0.05) is 18.2 Å². The zero-order chi connectivity index (χ0) is 19.2.